The maximum Gasteiger partial charge on any atom is 0.276 e. The van der Waals surface area contributed by atoms with Crippen LogP contribution in [0.4, 0.5) is 45.8 Å². The minimum atomic E-state index is -0.373. The fraction of sp³-hybridized carbons (Fsp3) is 0.158. The predicted octanol–water partition coefficient (Wildman–Crippen LogP) is 16.1. The Balaban J connectivity index is 0.000000123. The van der Waals surface area contributed by atoms with E-state index in [1.807, 2.05) is 170 Å². The van der Waals surface area contributed by atoms with Gasteiger partial charge in [0.05, 0.1) is 95.5 Å². The van der Waals surface area contributed by atoms with Gasteiger partial charge in [-0.1, -0.05) is 106 Å². The summed E-state index contributed by atoms with van der Waals surface area (Å²) in [4.78, 5) is 98.2. The van der Waals surface area contributed by atoms with Crippen molar-refractivity contribution in [1.29, 1.82) is 0 Å². The summed E-state index contributed by atoms with van der Waals surface area (Å²) < 4.78 is 10.7. The first kappa shape index (κ1) is 82.6. The number of ether oxygens (including phenoxy) is 2. The van der Waals surface area contributed by atoms with Gasteiger partial charge in [-0.2, -0.15) is 20.4 Å². The SMILES string of the molecule is CCC(CC)CC(=O)c1ccc(NC(=O)c2n[nH]c3ccc(-c4cncc(N)c4)cc23)cn1.Nc1cncc(-c2ccc3[nH]nc(C(=O)Nc4ccc(N5CCOCC5)nc4)c3c2)c1.O=C(Nc1ccc(N2CCOCC2)nc1)c1n[nH]c2ccc(-c3cccnc3)cc12.O=C(Nc1cccc(Cc2ccccc2)c1)c1n[nH]c2ccc(-c3cccnc3)cc12. The number of nitrogens with zero attached hydrogens (tertiary/aromatic N) is 13. The van der Waals surface area contributed by atoms with Gasteiger partial charge in [0.15, 0.2) is 28.6 Å². The molecule has 12 N–H and O–H groups in total. The number of aromatic amines is 4. The third-order valence-electron chi connectivity index (χ3n) is 21.3. The molecule has 4 amide bonds. The Morgan fingerprint density at radius 3 is 1.14 bits per heavy atom. The third kappa shape index (κ3) is 20.3. The monoisotopic (exact) mass is 1660 g/mol. The van der Waals surface area contributed by atoms with E-state index < -0.39 is 0 Å². The molecule has 11 aromatic heterocycles. The predicted molar refractivity (Wildman–Crippen MR) is 485 cm³/mol. The summed E-state index contributed by atoms with van der Waals surface area (Å²) in [6.45, 7) is 10.2. The number of H-pyrrole nitrogens is 4. The zero-order valence-corrected chi connectivity index (χ0v) is 68.3. The Morgan fingerprint density at radius 1 is 0.368 bits per heavy atom. The van der Waals surface area contributed by atoms with Gasteiger partial charge in [-0.25, -0.2) is 9.97 Å². The average molecular weight is 1660 g/mol. The summed E-state index contributed by atoms with van der Waals surface area (Å²) in [6.07, 6.45) is 21.7. The Labute approximate surface area is 717 Å². The number of carbonyl (C=O) groups is 5. The molecule has 2 fully saturated rings. The topological polar surface area (TPSA) is 415 Å². The number of anilines is 8. The molecule has 0 unspecified atom stereocenters. The quantitative estimate of drug-likeness (QED) is 0.0299. The van der Waals surface area contributed by atoms with Crippen molar-refractivity contribution < 1.29 is 33.4 Å². The van der Waals surface area contributed by atoms with Gasteiger partial charge in [0.1, 0.15) is 17.3 Å². The molecule has 17 aromatic rings. The van der Waals surface area contributed by atoms with Gasteiger partial charge in [0.25, 0.3) is 23.6 Å². The van der Waals surface area contributed by atoms with Crippen molar-refractivity contribution in [3.05, 3.63) is 308 Å². The van der Waals surface area contributed by atoms with Gasteiger partial charge in [-0.3, -0.25) is 69.3 Å². The maximum atomic E-state index is 13.0. The van der Waals surface area contributed by atoms with Crippen LogP contribution in [0, 0.1) is 5.92 Å². The van der Waals surface area contributed by atoms with Crippen molar-refractivity contribution in [2.45, 2.75) is 39.5 Å². The van der Waals surface area contributed by atoms with Crippen molar-refractivity contribution in [2.24, 2.45) is 5.92 Å². The molecule has 30 nitrogen and oxygen atoms in total. The highest BCUT2D eigenvalue weighted by Gasteiger charge is 2.23. The van der Waals surface area contributed by atoms with Crippen molar-refractivity contribution in [1.82, 2.24) is 75.7 Å². The molecule has 0 bridgehead atoms. The Morgan fingerprint density at radius 2 is 0.760 bits per heavy atom. The number of ketones is 1. The second-order valence-electron chi connectivity index (χ2n) is 29.8. The normalized spacial score (nSPS) is 12.5. The number of hydrogen-bond acceptors (Lipinski definition) is 22. The van der Waals surface area contributed by atoms with Crippen LogP contribution in [0.25, 0.3) is 88.1 Å². The molecule has 0 aliphatic carbocycles. The molecular formula is C95H87N23O7. The van der Waals surface area contributed by atoms with E-state index in [2.05, 4.69) is 139 Å². The number of aromatic nitrogens is 15. The standard InChI is InChI=1S/C26H20N4O.C25H26N6O2.C22H21N7O2.C22H20N6O2/c31-26(28-22-10-4-8-19(15-22)14-18-6-2-1-3-7-18)25-23-16-20(11-12-24(23)29-30-25)21-9-5-13-27-17-21;1-3-15(4-2)9-23(32)22-8-6-19(14-28-22)29-25(33)24-20-11-16(5-7-21(20)30-31-24)17-10-18(26)13-27-12-17;23-16-9-15(11-24-12-16)14-1-3-19-18(10-14)21(28-27-19)22(30)26-17-2-4-20(25-13-17)29-5-7-31-8-6-29;29-22(25-17-4-6-20(24-14-17)28-8-10-30-11-9-28)21-18-12-15(3-5-19(18)26-27-21)16-2-1-7-23-13-16/h1-13,15-17H,14H2,(H,28,31)(H,29,30);5-8,10-15H,3-4,9,26H2,1-2H3,(H,29,33)(H,30,31);1-4,9-13H,5-8,23H2,(H,26,30)(H,27,28);1-7,12-14H,8-11H2,(H,25,29)(H,26,27). The molecule has 0 saturated carbocycles. The number of nitrogens with one attached hydrogen (secondary N) is 8. The Kier molecular flexibility index (Phi) is 25.8. The first-order chi connectivity index (χ1) is 61.2. The average Bonchev–Trinajstić information content (AvgIpc) is 1.68. The lowest BCUT2D eigenvalue weighted by atomic mass is 9.96. The molecule has 0 spiro atoms. The van der Waals surface area contributed by atoms with Gasteiger partial charge in [0, 0.05) is 132 Å². The van der Waals surface area contributed by atoms with Crippen LogP contribution in [0.5, 0.6) is 0 Å². The van der Waals surface area contributed by atoms with Crippen LogP contribution in [-0.2, 0) is 15.9 Å². The molecule has 19 rings (SSSR count). The van der Waals surface area contributed by atoms with Crippen LogP contribution >= 0.6 is 0 Å². The molecule has 30 heteroatoms. The highest BCUT2D eigenvalue weighted by Crippen LogP contribution is 2.33. The molecule has 2 aliphatic heterocycles. The van der Waals surface area contributed by atoms with Crippen molar-refractivity contribution >= 4 is 119 Å². The summed E-state index contributed by atoms with van der Waals surface area (Å²) in [5.74, 6) is 0.909. The Hall–Kier alpha value is -16.1. The number of morpholine rings is 2. The van der Waals surface area contributed by atoms with Crippen molar-refractivity contribution in [2.75, 3.05) is 95.1 Å². The molecule has 2 aliphatic rings. The number of pyridine rings is 7. The highest BCUT2D eigenvalue weighted by atomic mass is 16.5. The Bertz CT molecular complexity index is 6630. The first-order valence-corrected chi connectivity index (χ1v) is 40.8. The van der Waals surface area contributed by atoms with Crippen LogP contribution < -0.4 is 42.5 Å². The maximum absolute atomic E-state index is 13.0. The highest BCUT2D eigenvalue weighted by molar-refractivity contribution is 6.15. The number of hydrogen-bond donors (Lipinski definition) is 10. The van der Waals surface area contributed by atoms with E-state index in [1.165, 1.54) is 11.8 Å². The van der Waals surface area contributed by atoms with Crippen molar-refractivity contribution in [3.63, 3.8) is 0 Å². The first-order valence-electron chi connectivity index (χ1n) is 40.8. The summed E-state index contributed by atoms with van der Waals surface area (Å²) >= 11 is 0. The zero-order valence-electron chi connectivity index (χ0n) is 68.3. The van der Waals surface area contributed by atoms with Gasteiger partial charge in [-0.05, 0) is 167 Å². The van der Waals surface area contributed by atoms with E-state index in [9.17, 15) is 24.0 Å². The summed E-state index contributed by atoms with van der Waals surface area (Å²) in [5.41, 5.74) is 29.9. The number of fused-ring (bicyclic) bond motifs is 4. The van der Waals surface area contributed by atoms with E-state index in [4.69, 9.17) is 20.9 Å². The lowest BCUT2D eigenvalue weighted by molar-refractivity contribution is 0.0951. The summed E-state index contributed by atoms with van der Waals surface area (Å²) in [5, 5.41) is 43.1. The van der Waals surface area contributed by atoms with E-state index in [0.29, 0.717) is 95.4 Å². The molecule has 125 heavy (non-hydrogen) atoms. The smallest absolute Gasteiger partial charge is 0.276 e. The number of amides is 4. The van der Waals surface area contributed by atoms with Crippen LogP contribution in [0.2, 0.25) is 0 Å². The van der Waals surface area contributed by atoms with E-state index in [0.717, 1.165) is 151 Å². The number of carbonyl (C=O) groups excluding carboxylic acids is 5. The van der Waals surface area contributed by atoms with Crippen LogP contribution in [0.15, 0.2) is 268 Å². The number of benzene rings is 6. The minimum absolute atomic E-state index is 0.0171. The third-order valence-corrected chi connectivity index (χ3v) is 21.3. The van der Waals surface area contributed by atoms with E-state index >= 15 is 0 Å². The zero-order chi connectivity index (χ0) is 86.0. The largest absolute Gasteiger partial charge is 0.397 e. The second kappa shape index (κ2) is 39.0. The molecule has 6 aromatic carbocycles. The van der Waals surface area contributed by atoms with Gasteiger partial charge in [0.2, 0.25) is 0 Å². The number of nitrogen functional groups attached to an aromatic ring is 2. The van der Waals surface area contributed by atoms with Crippen LogP contribution in [0.1, 0.15) is 96.7 Å². The van der Waals surface area contributed by atoms with Crippen molar-refractivity contribution in [3.8, 4) is 44.5 Å². The van der Waals surface area contributed by atoms with Gasteiger partial charge in [-0.15, -0.1) is 0 Å². The summed E-state index contributed by atoms with van der Waals surface area (Å²) in [6, 6.07) is 63.5. The lowest BCUT2D eigenvalue weighted by Gasteiger charge is -2.27. The van der Waals surface area contributed by atoms with E-state index in [1.54, 1.807) is 74.1 Å². The second-order valence-corrected chi connectivity index (χ2v) is 29.8. The fourth-order valence-corrected chi connectivity index (χ4v) is 14.6. The lowest BCUT2D eigenvalue weighted by Crippen LogP contribution is -2.36. The minimum Gasteiger partial charge on any atom is -0.397 e. The molecule has 624 valence electrons. The number of nitrogens with two attached hydrogens (primary N) is 2. The van der Waals surface area contributed by atoms with Gasteiger partial charge >= 0.3 is 0 Å². The fourth-order valence-electron chi connectivity index (χ4n) is 14.6. The molecule has 0 atom stereocenters. The molecule has 2 saturated heterocycles. The van der Waals surface area contributed by atoms with E-state index in [-0.39, 0.29) is 35.1 Å². The van der Waals surface area contributed by atoms with Gasteiger partial charge < -0.3 is 52.0 Å². The van der Waals surface area contributed by atoms with Crippen LogP contribution in [0.3, 0.4) is 0 Å². The van der Waals surface area contributed by atoms with Crippen LogP contribution in [-0.4, -0.2) is 158 Å². The molecular weight excluding hydrogens is 1580 g/mol. The number of rotatable bonds is 21. The molecule has 13 heterocycles. The summed E-state index contributed by atoms with van der Waals surface area (Å²) in [7, 11) is 0. The number of Topliss-reactive ketones (excluding diaryl/α,β-unsaturated/α-hetero) is 1. The molecule has 0 radical (unpaired) electrons.